The molecule has 1 heterocycles. The van der Waals surface area contributed by atoms with E-state index in [1.54, 1.807) is 24.3 Å². The molecule has 7 nitrogen and oxygen atoms in total. The van der Waals surface area contributed by atoms with E-state index < -0.39 is 30.0 Å². The van der Waals surface area contributed by atoms with E-state index in [1.165, 1.54) is 29.2 Å². The zero-order valence-corrected chi connectivity index (χ0v) is 20.9. The number of hydrogen-bond acceptors (Lipinski definition) is 4. The van der Waals surface area contributed by atoms with E-state index in [0.717, 1.165) is 11.1 Å². The van der Waals surface area contributed by atoms with Crippen LogP contribution in [-0.2, 0) is 27.3 Å². The molecule has 1 aliphatic heterocycles. The SMILES string of the molecule is O=C(Cc1ccccc1)Nc1cccc(C2OC(=O)N(Cc3ccccc3)C2C(=O)Nc2ccc(F)cc2)c1. The van der Waals surface area contributed by atoms with Crippen molar-refractivity contribution in [3.63, 3.8) is 0 Å². The summed E-state index contributed by atoms with van der Waals surface area (Å²) in [6.45, 7) is 0.158. The van der Waals surface area contributed by atoms with Gasteiger partial charge in [0.1, 0.15) is 5.82 Å². The lowest BCUT2D eigenvalue weighted by molar-refractivity contribution is -0.121. The predicted molar refractivity (Wildman–Crippen MR) is 145 cm³/mol. The number of cyclic esters (lactones) is 1. The lowest BCUT2D eigenvalue weighted by Gasteiger charge is -2.24. The second-order valence-corrected chi connectivity index (χ2v) is 9.19. The van der Waals surface area contributed by atoms with Crippen LogP contribution in [0.4, 0.5) is 20.6 Å². The molecule has 196 valence electrons. The summed E-state index contributed by atoms with van der Waals surface area (Å²) in [7, 11) is 0. The molecule has 1 aliphatic rings. The Hall–Kier alpha value is -4.98. The van der Waals surface area contributed by atoms with Gasteiger partial charge in [0.15, 0.2) is 12.1 Å². The summed E-state index contributed by atoms with van der Waals surface area (Å²) in [6.07, 6.45) is -1.37. The Kier molecular flexibility index (Phi) is 7.63. The van der Waals surface area contributed by atoms with Crippen LogP contribution in [0.15, 0.2) is 109 Å². The van der Waals surface area contributed by atoms with Gasteiger partial charge in [0.05, 0.1) is 13.0 Å². The third kappa shape index (κ3) is 6.30. The van der Waals surface area contributed by atoms with E-state index >= 15 is 0 Å². The predicted octanol–water partition coefficient (Wildman–Crippen LogP) is 5.71. The largest absolute Gasteiger partial charge is 0.438 e. The van der Waals surface area contributed by atoms with E-state index in [1.807, 2.05) is 60.7 Å². The number of ether oxygens (including phenoxy) is 1. The van der Waals surface area contributed by atoms with Gasteiger partial charge in [-0.25, -0.2) is 9.18 Å². The van der Waals surface area contributed by atoms with Crippen LogP contribution in [-0.4, -0.2) is 28.8 Å². The van der Waals surface area contributed by atoms with Crippen molar-refractivity contribution in [1.82, 2.24) is 4.90 Å². The van der Waals surface area contributed by atoms with Crippen molar-refractivity contribution in [3.05, 3.63) is 132 Å². The van der Waals surface area contributed by atoms with Crippen molar-refractivity contribution in [2.24, 2.45) is 0 Å². The van der Waals surface area contributed by atoms with Gasteiger partial charge in [-0.05, 0) is 53.1 Å². The van der Waals surface area contributed by atoms with Crippen LogP contribution in [0.2, 0.25) is 0 Å². The van der Waals surface area contributed by atoms with Gasteiger partial charge in [-0.15, -0.1) is 0 Å². The molecule has 8 heteroatoms. The second-order valence-electron chi connectivity index (χ2n) is 9.19. The van der Waals surface area contributed by atoms with E-state index in [9.17, 15) is 18.8 Å². The summed E-state index contributed by atoms with van der Waals surface area (Å²) >= 11 is 0. The molecule has 39 heavy (non-hydrogen) atoms. The number of nitrogens with one attached hydrogen (secondary N) is 2. The number of amides is 3. The Morgan fingerprint density at radius 2 is 1.44 bits per heavy atom. The number of nitrogens with zero attached hydrogens (tertiary/aromatic N) is 1. The Morgan fingerprint density at radius 1 is 0.769 bits per heavy atom. The quantitative estimate of drug-likeness (QED) is 0.310. The summed E-state index contributed by atoms with van der Waals surface area (Å²) in [5.74, 6) is -1.10. The fourth-order valence-electron chi connectivity index (χ4n) is 4.52. The first-order chi connectivity index (χ1) is 19.0. The van der Waals surface area contributed by atoms with E-state index in [0.29, 0.717) is 16.9 Å². The maximum atomic E-state index is 13.5. The van der Waals surface area contributed by atoms with Crippen molar-refractivity contribution >= 4 is 29.3 Å². The number of benzene rings is 4. The molecular formula is C31H26FN3O4. The first kappa shape index (κ1) is 25.7. The highest BCUT2D eigenvalue weighted by atomic mass is 19.1. The highest BCUT2D eigenvalue weighted by molar-refractivity contribution is 5.98. The minimum atomic E-state index is -1.02. The molecule has 0 saturated carbocycles. The highest BCUT2D eigenvalue weighted by Crippen LogP contribution is 2.35. The highest BCUT2D eigenvalue weighted by Gasteiger charge is 2.47. The standard InChI is InChI=1S/C31H26FN3O4/c32-24-14-16-25(17-15-24)34-30(37)28-29(39-31(38)35(28)20-22-10-5-2-6-11-22)23-12-7-13-26(19-23)33-27(36)18-21-8-3-1-4-9-21/h1-17,19,28-29H,18,20H2,(H,33,36)(H,34,37). The van der Waals surface area contributed by atoms with Crippen LogP contribution in [0, 0.1) is 5.82 Å². The molecule has 2 N–H and O–H groups in total. The van der Waals surface area contributed by atoms with Crippen LogP contribution in [0.5, 0.6) is 0 Å². The van der Waals surface area contributed by atoms with E-state index in [-0.39, 0.29) is 18.9 Å². The van der Waals surface area contributed by atoms with Crippen LogP contribution < -0.4 is 10.6 Å². The lowest BCUT2D eigenvalue weighted by Crippen LogP contribution is -2.43. The van der Waals surface area contributed by atoms with Crippen LogP contribution >= 0.6 is 0 Å². The molecule has 0 aromatic heterocycles. The molecule has 4 aromatic rings. The minimum absolute atomic E-state index is 0.158. The zero-order valence-electron chi connectivity index (χ0n) is 20.9. The molecular weight excluding hydrogens is 497 g/mol. The molecule has 1 fully saturated rings. The number of carbonyl (C=O) groups is 3. The molecule has 2 atom stereocenters. The van der Waals surface area contributed by atoms with Crippen LogP contribution in [0.1, 0.15) is 22.8 Å². The maximum absolute atomic E-state index is 13.5. The summed E-state index contributed by atoms with van der Waals surface area (Å²) < 4.78 is 19.1. The molecule has 0 spiro atoms. The number of halogens is 1. The minimum Gasteiger partial charge on any atom is -0.438 e. The maximum Gasteiger partial charge on any atom is 0.411 e. The Morgan fingerprint density at radius 3 is 2.13 bits per heavy atom. The average Bonchev–Trinajstić information content (AvgIpc) is 3.27. The molecule has 1 saturated heterocycles. The fourth-order valence-corrected chi connectivity index (χ4v) is 4.52. The average molecular weight is 524 g/mol. The molecule has 4 aromatic carbocycles. The van der Waals surface area contributed by atoms with Crippen molar-refractivity contribution in [2.75, 3.05) is 10.6 Å². The van der Waals surface area contributed by atoms with Crippen molar-refractivity contribution < 1.29 is 23.5 Å². The molecule has 0 radical (unpaired) electrons. The zero-order chi connectivity index (χ0) is 27.2. The molecule has 5 rings (SSSR count). The van der Waals surface area contributed by atoms with E-state index in [2.05, 4.69) is 10.6 Å². The lowest BCUT2D eigenvalue weighted by atomic mass is 10.00. The van der Waals surface area contributed by atoms with Gasteiger partial charge < -0.3 is 15.4 Å². The smallest absolute Gasteiger partial charge is 0.411 e. The number of hydrogen-bond donors (Lipinski definition) is 2. The van der Waals surface area contributed by atoms with Crippen molar-refractivity contribution in [1.29, 1.82) is 0 Å². The number of carbonyl (C=O) groups excluding carboxylic acids is 3. The van der Waals surface area contributed by atoms with Gasteiger partial charge in [-0.3, -0.25) is 14.5 Å². The summed E-state index contributed by atoms with van der Waals surface area (Å²) in [6, 6.07) is 29.9. The molecule has 2 unspecified atom stereocenters. The second kappa shape index (κ2) is 11.6. The fraction of sp³-hybridized carbons (Fsp3) is 0.129. The van der Waals surface area contributed by atoms with Crippen molar-refractivity contribution in [2.45, 2.75) is 25.1 Å². The van der Waals surface area contributed by atoms with Gasteiger partial charge in [-0.2, -0.15) is 0 Å². The van der Waals surface area contributed by atoms with Gasteiger partial charge in [0, 0.05) is 11.4 Å². The van der Waals surface area contributed by atoms with Gasteiger partial charge in [-0.1, -0.05) is 72.8 Å². The third-order valence-corrected chi connectivity index (χ3v) is 6.37. The van der Waals surface area contributed by atoms with E-state index in [4.69, 9.17) is 4.74 Å². The van der Waals surface area contributed by atoms with Crippen LogP contribution in [0.25, 0.3) is 0 Å². The Balaban J connectivity index is 1.40. The number of rotatable bonds is 8. The van der Waals surface area contributed by atoms with Gasteiger partial charge >= 0.3 is 6.09 Å². The van der Waals surface area contributed by atoms with Gasteiger partial charge in [0.2, 0.25) is 5.91 Å². The first-order valence-electron chi connectivity index (χ1n) is 12.5. The molecule has 0 bridgehead atoms. The van der Waals surface area contributed by atoms with Crippen molar-refractivity contribution in [3.8, 4) is 0 Å². The topological polar surface area (TPSA) is 87.7 Å². The molecule has 3 amide bonds. The molecule has 0 aliphatic carbocycles. The Labute approximate surface area is 225 Å². The summed E-state index contributed by atoms with van der Waals surface area (Å²) in [4.78, 5) is 40.6. The van der Waals surface area contributed by atoms with Crippen LogP contribution in [0.3, 0.4) is 0 Å². The summed E-state index contributed by atoms with van der Waals surface area (Å²) in [5, 5.41) is 5.65. The third-order valence-electron chi connectivity index (χ3n) is 6.37. The van der Waals surface area contributed by atoms with Gasteiger partial charge in [0.25, 0.3) is 5.91 Å². The monoisotopic (exact) mass is 523 g/mol. The Bertz CT molecular complexity index is 1460. The summed E-state index contributed by atoms with van der Waals surface area (Å²) in [5.41, 5.74) is 3.17. The number of anilines is 2. The first-order valence-corrected chi connectivity index (χ1v) is 12.5. The normalized spacial score (nSPS) is 16.4.